The summed E-state index contributed by atoms with van der Waals surface area (Å²) in [7, 11) is 1.34. The molecule has 0 aromatic rings. The van der Waals surface area contributed by atoms with E-state index in [9.17, 15) is 19.9 Å². The first-order chi connectivity index (χ1) is 10.7. The summed E-state index contributed by atoms with van der Waals surface area (Å²) in [6, 6.07) is 0. The number of carbonyl (C=O) groups is 2. The van der Waals surface area contributed by atoms with E-state index in [0.717, 1.165) is 17.9 Å². The molecule has 0 spiro atoms. The predicted molar refractivity (Wildman–Crippen MR) is 78.9 cm³/mol. The fourth-order valence-electron chi connectivity index (χ4n) is 3.81. The SMILES string of the molecule is CN1C(=O)C(CC(=O)NC23COC(C)(C2)C3)C(CO)=C(Cl)N1O. The van der Waals surface area contributed by atoms with E-state index in [1.165, 1.54) is 7.05 Å². The predicted octanol–water partition coefficient (Wildman–Crippen LogP) is -0.0487. The number of fused-ring (bicyclic) bond motifs is 1. The molecule has 3 fully saturated rings. The highest BCUT2D eigenvalue weighted by Gasteiger charge is 2.60. The van der Waals surface area contributed by atoms with E-state index >= 15 is 0 Å². The first-order valence-electron chi connectivity index (χ1n) is 7.41. The van der Waals surface area contributed by atoms with Gasteiger partial charge in [0.25, 0.3) is 5.91 Å². The Kier molecular flexibility index (Phi) is 3.83. The molecule has 2 amide bonds. The fourth-order valence-corrected chi connectivity index (χ4v) is 4.12. The molecular weight excluding hydrogens is 326 g/mol. The number of aliphatic hydroxyl groups is 1. The number of hydrazine groups is 1. The van der Waals surface area contributed by atoms with Crippen molar-refractivity contribution in [3.8, 4) is 0 Å². The van der Waals surface area contributed by atoms with E-state index in [0.29, 0.717) is 11.8 Å². The van der Waals surface area contributed by atoms with E-state index in [2.05, 4.69) is 5.32 Å². The molecule has 0 radical (unpaired) electrons. The highest BCUT2D eigenvalue weighted by atomic mass is 35.5. The van der Waals surface area contributed by atoms with Crippen molar-refractivity contribution in [2.24, 2.45) is 5.92 Å². The number of aliphatic hydroxyl groups excluding tert-OH is 1. The van der Waals surface area contributed by atoms with Crippen molar-refractivity contribution in [2.75, 3.05) is 20.3 Å². The highest BCUT2D eigenvalue weighted by Crippen LogP contribution is 2.51. The van der Waals surface area contributed by atoms with Gasteiger partial charge in [-0.15, -0.1) is 5.17 Å². The van der Waals surface area contributed by atoms with Crippen molar-refractivity contribution in [1.82, 2.24) is 15.5 Å². The van der Waals surface area contributed by atoms with Crippen molar-refractivity contribution in [2.45, 2.75) is 37.3 Å². The second-order valence-corrected chi connectivity index (χ2v) is 7.16. The number of hydrogen-bond donors (Lipinski definition) is 3. The third-order valence-corrected chi connectivity index (χ3v) is 5.24. The van der Waals surface area contributed by atoms with Crippen molar-refractivity contribution in [3.05, 3.63) is 10.7 Å². The number of nitrogens with zero attached hydrogens (tertiary/aromatic N) is 2. The van der Waals surface area contributed by atoms with Crippen LogP contribution in [0.2, 0.25) is 0 Å². The standard InChI is InChI=1S/C14H20ClN3O5/c1-13-5-14(6-13,7-23-13)16-10(20)3-8-9(4-19)11(15)18(22)17(2)12(8)21/h8,19,22H,3-7H2,1-2H3,(H,16,20). The second-order valence-electron chi connectivity index (χ2n) is 6.80. The van der Waals surface area contributed by atoms with Crippen molar-refractivity contribution in [1.29, 1.82) is 0 Å². The van der Waals surface area contributed by atoms with E-state index in [1.807, 2.05) is 6.92 Å². The Hall–Kier alpha value is -1.35. The van der Waals surface area contributed by atoms with Crippen LogP contribution in [0.5, 0.6) is 0 Å². The van der Waals surface area contributed by atoms with Crippen molar-refractivity contribution >= 4 is 23.4 Å². The lowest BCUT2D eigenvalue weighted by molar-refractivity contribution is -0.214. The summed E-state index contributed by atoms with van der Waals surface area (Å²) in [4.78, 5) is 24.6. The van der Waals surface area contributed by atoms with Crippen LogP contribution in [0.1, 0.15) is 26.2 Å². The normalized spacial score (nSPS) is 36.4. The van der Waals surface area contributed by atoms with Crippen LogP contribution in [0.4, 0.5) is 0 Å². The molecule has 23 heavy (non-hydrogen) atoms. The van der Waals surface area contributed by atoms with E-state index in [4.69, 9.17) is 16.3 Å². The molecule has 4 rings (SSSR count). The maximum Gasteiger partial charge on any atom is 0.250 e. The molecule has 128 valence electrons. The number of nitrogens with one attached hydrogen (secondary N) is 1. The van der Waals surface area contributed by atoms with Crippen LogP contribution in [0, 0.1) is 5.92 Å². The minimum atomic E-state index is -0.897. The van der Waals surface area contributed by atoms with Gasteiger partial charge in [0, 0.05) is 31.9 Å². The Morgan fingerprint density at radius 1 is 1.52 bits per heavy atom. The molecule has 2 bridgehead atoms. The third kappa shape index (κ3) is 2.59. The molecule has 8 nitrogen and oxygen atoms in total. The van der Waals surface area contributed by atoms with Gasteiger partial charge in [-0.2, -0.15) is 0 Å². The molecule has 0 aromatic heterocycles. The molecule has 4 aliphatic rings. The van der Waals surface area contributed by atoms with Crippen LogP contribution in [0.3, 0.4) is 0 Å². The Morgan fingerprint density at radius 3 is 2.70 bits per heavy atom. The monoisotopic (exact) mass is 345 g/mol. The average molecular weight is 346 g/mol. The van der Waals surface area contributed by atoms with Gasteiger partial charge in [0.05, 0.1) is 30.3 Å². The molecule has 1 atom stereocenters. The van der Waals surface area contributed by atoms with E-state index in [1.54, 1.807) is 0 Å². The third-order valence-electron chi connectivity index (χ3n) is 4.85. The Labute approximate surface area is 138 Å². The molecule has 3 aliphatic heterocycles. The summed E-state index contributed by atoms with van der Waals surface area (Å²) in [6.45, 7) is 1.97. The van der Waals surface area contributed by atoms with Gasteiger partial charge in [-0.3, -0.25) is 14.8 Å². The Balaban J connectivity index is 1.71. The number of ether oxygens (including phenoxy) is 1. The van der Waals surface area contributed by atoms with Gasteiger partial charge in [-0.05, 0) is 6.92 Å². The molecule has 2 saturated heterocycles. The van der Waals surface area contributed by atoms with Gasteiger partial charge in [0.15, 0.2) is 5.16 Å². The number of halogens is 1. The zero-order chi connectivity index (χ0) is 17.0. The van der Waals surface area contributed by atoms with Crippen LogP contribution in [0.15, 0.2) is 10.7 Å². The number of hydroxylamine groups is 1. The molecular formula is C14H20ClN3O5. The molecule has 1 saturated carbocycles. The van der Waals surface area contributed by atoms with Crippen LogP contribution < -0.4 is 5.32 Å². The molecule has 9 heteroatoms. The summed E-state index contributed by atoms with van der Waals surface area (Å²) in [5, 5.41) is 23.3. The van der Waals surface area contributed by atoms with Crippen molar-refractivity contribution in [3.63, 3.8) is 0 Å². The quantitative estimate of drug-likeness (QED) is 0.617. The summed E-state index contributed by atoms with van der Waals surface area (Å²) >= 11 is 5.95. The molecule has 1 aliphatic carbocycles. The first-order valence-corrected chi connectivity index (χ1v) is 7.79. The van der Waals surface area contributed by atoms with E-state index in [-0.39, 0.29) is 34.2 Å². The van der Waals surface area contributed by atoms with Crippen LogP contribution in [-0.2, 0) is 14.3 Å². The van der Waals surface area contributed by atoms with Gasteiger partial charge >= 0.3 is 0 Å². The lowest BCUT2D eigenvalue weighted by Gasteiger charge is -2.43. The summed E-state index contributed by atoms with van der Waals surface area (Å²) in [6.07, 6.45) is 1.39. The van der Waals surface area contributed by atoms with Gasteiger partial charge in [-0.1, -0.05) is 11.6 Å². The van der Waals surface area contributed by atoms with Gasteiger partial charge in [0.2, 0.25) is 5.91 Å². The highest BCUT2D eigenvalue weighted by molar-refractivity contribution is 6.30. The number of amides is 2. The van der Waals surface area contributed by atoms with Gasteiger partial charge in [-0.25, -0.2) is 5.01 Å². The second kappa shape index (κ2) is 5.34. The fraction of sp³-hybridized carbons (Fsp3) is 0.714. The minimum Gasteiger partial charge on any atom is -0.392 e. The van der Waals surface area contributed by atoms with Crippen LogP contribution in [-0.4, -0.2) is 63.7 Å². The lowest BCUT2D eigenvalue weighted by atomic mass is 9.69. The lowest BCUT2D eigenvalue weighted by Crippen LogP contribution is -2.59. The molecule has 0 aromatic carbocycles. The molecule has 1 unspecified atom stereocenters. The summed E-state index contributed by atoms with van der Waals surface area (Å²) < 4.78 is 5.62. The van der Waals surface area contributed by atoms with Crippen molar-refractivity contribution < 1.29 is 24.6 Å². The Morgan fingerprint density at radius 2 is 2.17 bits per heavy atom. The maximum absolute atomic E-state index is 12.3. The van der Waals surface area contributed by atoms with Gasteiger partial charge in [0.1, 0.15) is 0 Å². The van der Waals surface area contributed by atoms with Crippen LogP contribution >= 0.6 is 11.6 Å². The summed E-state index contributed by atoms with van der Waals surface area (Å²) in [5.74, 6) is -1.70. The summed E-state index contributed by atoms with van der Waals surface area (Å²) in [5.41, 5.74) is -0.359. The topological polar surface area (TPSA) is 102 Å². The number of rotatable bonds is 4. The molecule has 3 N–H and O–H groups in total. The first kappa shape index (κ1) is 16.5. The molecule has 3 heterocycles. The minimum absolute atomic E-state index is 0.131. The smallest absolute Gasteiger partial charge is 0.250 e. The van der Waals surface area contributed by atoms with E-state index < -0.39 is 18.4 Å². The number of hydrogen-bond acceptors (Lipinski definition) is 6. The Bertz CT molecular complexity index is 587. The van der Waals surface area contributed by atoms with Crippen LogP contribution in [0.25, 0.3) is 0 Å². The van der Waals surface area contributed by atoms with Gasteiger partial charge < -0.3 is 15.2 Å². The number of carbonyl (C=O) groups excluding carboxylic acids is 2. The largest absolute Gasteiger partial charge is 0.392 e. The zero-order valence-electron chi connectivity index (χ0n) is 13.0. The maximum atomic E-state index is 12.3. The average Bonchev–Trinajstić information content (AvgIpc) is 2.95. The zero-order valence-corrected chi connectivity index (χ0v) is 13.8.